The molecule has 0 unspecified atom stereocenters. The predicted molar refractivity (Wildman–Crippen MR) is 81.3 cm³/mol. The van der Waals surface area contributed by atoms with Crippen LogP contribution in [0.2, 0.25) is 0 Å². The molecule has 0 bridgehead atoms. The summed E-state index contributed by atoms with van der Waals surface area (Å²) in [7, 11) is 3.70. The highest BCUT2D eigenvalue weighted by Gasteiger charge is 2.25. The van der Waals surface area contributed by atoms with E-state index in [9.17, 15) is 4.79 Å². The number of aryl methyl sites for hydroxylation is 1. The Morgan fingerprint density at radius 2 is 2.15 bits per heavy atom. The summed E-state index contributed by atoms with van der Waals surface area (Å²) >= 11 is 3.56. The lowest BCUT2D eigenvalue weighted by atomic mass is 10.1. The molecular weight excluding hydrogens is 320 g/mol. The van der Waals surface area contributed by atoms with E-state index in [1.165, 1.54) is 0 Å². The highest BCUT2D eigenvalue weighted by Crippen LogP contribution is 2.35. The number of amides is 1. The molecule has 3 rings (SSSR count). The van der Waals surface area contributed by atoms with Crippen molar-refractivity contribution in [3.8, 4) is 11.3 Å². The zero-order valence-electron chi connectivity index (χ0n) is 11.4. The summed E-state index contributed by atoms with van der Waals surface area (Å²) in [6.07, 6.45) is 0.457. The Labute approximate surface area is 125 Å². The minimum atomic E-state index is 0.129. The number of hydrogen-bond donors (Lipinski definition) is 1. The lowest BCUT2D eigenvalue weighted by Crippen LogP contribution is -2.20. The number of carbonyl (C=O) groups is 1. The molecule has 1 aliphatic heterocycles. The number of rotatable bonds is 2. The van der Waals surface area contributed by atoms with Crippen LogP contribution in [0.3, 0.4) is 0 Å². The normalized spacial score (nSPS) is 14.0. The van der Waals surface area contributed by atoms with Gasteiger partial charge in [0.2, 0.25) is 5.91 Å². The van der Waals surface area contributed by atoms with E-state index >= 15 is 0 Å². The third-order valence-corrected chi connectivity index (χ3v) is 4.51. The van der Waals surface area contributed by atoms with E-state index in [1.807, 2.05) is 23.9 Å². The molecule has 0 fully saturated rings. The van der Waals surface area contributed by atoms with E-state index in [1.54, 1.807) is 11.9 Å². The van der Waals surface area contributed by atoms with Crippen molar-refractivity contribution in [1.29, 1.82) is 0 Å². The molecule has 0 aliphatic carbocycles. The first-order chi connectivity index (χ1) is 9.52. The zero-order valence-corrected chi connectivity index (χ0v) is 12.9. The average molecular weight is 335 g/mol. The first kappa shape index (κ1) is 13.3. The van der Waals surface area contributed by atoms with Crippen LogP contribution in [-0.2, 0) is 24.8 Å². The summed E-state index contributed by atoms with van der Waals surface area (Å²) in [5.41, 5.74) is 10.6. The Kier molecular flexibility index (Phi) is 3.14. The molecule has 6 heteroatoms. The van der Waals surface area contributed by atoms with Crippen LogP contribution in [0, 0.1) is 0 Å². The van der Waals surface area contributed by atoms with E-state index < -0.39 is 0 Å². The summed E-state index contributed by atoms with van der Waals surface area (Å²) in [5.74, 6) is 0.129. The van der Waals surface area contributed by atoms with Gasteiger partial charge in [0.05, 0.1) is 22.3 Å². The van der Waals surface area contributed by atoms with Gasteiger partial charge in [-0.05, 0) is 33.6 Å². The Morgan fingerprint density at radius 1 is 1.40 bits per heavy atom. The van der Waals surface area contributed by atoms with Crippen molar-refractivity contribution in [2.24, 2.45) is 12.8 Å². The number of carbonyl (C=O) groups excluding carboxylic acids is 1. The summed E-state index contributed by atoms with van der Waals surface area (Å²) in [4.78, 5) is 13.4. The zero-order chi connectivity index (χ0) is 14.4. The van der Waals surface area contributed by atoms with E-state index in [-0.39, 0.29) is 5.91 Å². The van der Waals surface area contributed by atoms with Crippen LogP contribution in [0.1, 0.15) is 11.3 Å². The Balaban J connectivity index is 2.12. The predicted octanol–water partition coefficient (Wildman–Crippen LogP) is 1.83. The van der Waals surface area contributed by atoms with Crippen molar-refractivity contribution in [1.82, 2.24) is 9.78 Å². The van der Waals surface area contributed by atoms with Crippen LogP contribution in [-0.4, -0.2) is 22.7 Å². The molecule has 1 aromatic heterocycles. The number of likely N-dealkylation sites (N-methyl/N-ethyl adjacent to an activating group) is 1. The Hall–Kier alpha value is -1.66. The van der Waals surface area contributed by atoms with Gasteiger partial charge < -0.3 is 10.6 Å². The van der Waals surface area contributed by atoms with Crippen molar-refractivity contribution in [2.45, 2.75) is 13.0 Å². The van der Waals surface area contributed by atoms with Gasteiger partial charge in [0.25, 0.3) is 0 Å². The van der Waals surface area contributed by atoms with Crippen molar-refractivity contribution in [3.05, 3.63) is 33.9 Å². The van der Waals surface area contributed by atoms with Crippen LogP contribution in [0.5, 0.6) is 0 Å². The van der Waals surface area contributed by atoms with Gasteiger partial charge in [-0.3, -0.25) is 9.48 Å². The largest absolute Gasteiger partial charge is 0.325 e. The van der Waals surface area contributed by atoms with E-state index in [2.05, 4.69) is 27.1 Å². The van der Waals surface area contributed by atoms with E-state index in [0.29, 0.717) is 13.0 Å². The summed E-state index contributed by atoms with van der Waals surface area (Å²) in [6, 6.07) is 6.05. The number of hydrogen-bond acceptors (Lipinski definition) is 3. The molecule has 0 saturated carbocycles. The van der Waals surface area contributed by atoms with Gasteiger partial charge in [0.1, 0.15) is 0 Å². The molecule has 2 aromatic rings. The van der Waals surface area contributed by atoms with Gasteiger partial charge in [-0.15, -0.1) is 0 Å². The lowest BCUT2D eigenvalue weighted by molar-refractivity contribution is -0.117. The number of benzene rings is 1. The van der Waals surface area contributed by atoms with Crippen LogP contribution in [0.25, 0.3) is 11.3 Å². The van der Waals surface area contributed by atoms with Gasteiger partial charge in [-0.1, -0.05) is 6.07 Å². The van der Waals surface area contributed by atoms with Crippen LogP contribution < -0.4 is 10.6 Å². The summed E-state index contributed by atoms with van der Waals surface area (Å²) in [6.45, 7) is 0.389. The van der Waals surface area contributed by atoms with Gasteiger partial charge in [0, 0.05) is 31.9 Å². The highest BCUT2D eigenvalue weighted by atomic mass is 79.9. The second-order valence-electron chi connectivity index (χ2n) is 4.91. The number of fused-ring (bicyclic) bond motifs is 1. The number of halogens is 1. The third kappa shape index (κ3) is 1.87. The SMILES string of the molecule is CN1C(=O)Cc2cc(-c3c(Br)c(CN)nn3C)ccc21. The number of nitrogens with zero attached hydrogens (tertiary/aromatic N) is 3. The van der Waals surface area contributed by atoms with Gasteiger partial charge in [0.15, 0.2) is 0 Å². The number of nitrogens with two attached hydrogens (primary N) is 1. The molecule has 2 N–H and O–H groups in total. The molecule has 2 heterocycles. The lowest BCUT2D eigenvalue weighted by Gasteiger charge is -2.11. The van der Waals surface area contributed by atoms with Crippen molar-refractivity contribution in [2.75, 3.05) is 11.9 Å². The monoisotopic (exact) mass is 334 g/mol. The van der Waals surface area contributed by atoms with Crippen molar-refractivity contribution in [3.63, 3.8) is 0 Å². The third-order valence-electron chi connectivity index (χ3n) is 3.68. The molecule has 1 aromatic carbocycles. The maximum Gasteiger partial charge on any atom is 0.231 e. The first-order valence-electron chi connectivity index (χ1n) is 6.34. The second-order valence-corrected chi connectivity index (χ2v) is 5.70. The molecule has 0 atom stereocenters. The molecule has 0 spiro atoms. The minimum Gasteiger partial charge on any atom is -0.325 e. The average Bonchev–Trinajstić information content (AvgIpc) is 2.87. The van der Waals surface area contributed by atoms with Gasteiger partial charge in [-0.25, -0.2) is 0 Å². The Morgan fingerprint density at radius 3 is 2.80 bits per heavy atom. The topological polar surface area (TPSA) is 64.2 Å². The molecule has 0 radical (unpaired) electrons. The molecule has 1 amide bonds. The maximum atomic E-state index is 11.7. The van der Waals surface area contributed by atoms with Crippen molar-refractivity contribution >= 4 is 27.5 Å². The number of aromatic nitrogens is 2. The summed E-state index contributed by atoms with van der Waals surface area (Å²) < 4.78 is 2.73. The smallest absolute Gasteiger partial charge is 0.231 e. The van der Waals surface area contributed by atoms with Crippen LogP contribution in [0.4, 0.5) is 5.69 Å². The standard InChI is InChI=1S/C14H15BrN4O/c1-18-11-4-3-8(5-9(11)6-12(18)20)14-13(15)10(7-16)17-19(14)2/h3-5H,6-7,16H2,1-2H3. The fourth-order valence-electron chi connectivity index (χ4n) is 2.62. The molecular formula is C14H15BrN4O. The van der Waals surface area contributed by atoms with E-state index in [0.717, 1.165) is 32.7 Å². The first-order valence-corrected chi connectivity index (χ1v) is 7.13. The van der Waals surface area contributed by atoms with Crippen molar-refractivity contribution < 1.29 is 4.79 Å². The fraction of sp³-hybridized carbons (Fsp3) is 0.286. The van der Waals surface area contributed by atoms with E-state index in [4.69, 9.17) is 5.73 Å². The van der Waals surface area contributed by atoms with Gasteiger partial charge >= 0.3 is 0 Å². The number of anilines is 1. The second kappa shape index (κ2) is 4.71. The summed E-state index contributed by atoms with van der Waals surface area (Å²) in [5, 5.41) is 4.40. The maximum absolute atomic E-state index is 11.7. The quantitative estimate of drug-likeness (QED) is 0.911. The molecule has 5 nitrogen and oxygen atoms in total. The van der Waals surface area contributed by atoms with Crippen LogP contribution >= 0.6 is 15.9 Å². The molecule has 104 valence electrons. The van der Waals surface area contributed by atoms with Crippen LogP contribution in [0.15, 0.2) is 22.7 Å². The molecule has 20 heavy (non-hydrogen) atoms. The van der Waals surface area contributed by atoms with Gasteiger partial charge in [-0.2, -0.15) is 5.10 Å². The molecule has 0 saturated heterocycles. The minimum absolute atomic E-state index is 0.129. The highest BCUT2D eigenvalue weighted by molar-refractivity contribution is 9.10. The molecule has 1 aliphatic rings. The Bertz CT molecular complexity index is 707. The fourth-order valence-corrected chi connectivity index (χ4v) is 3.34.